The molecule has 47 heavy (non-hydrogen) atoms. The molecule has 0 radical (unpaired) electrons. The number of benzene rings is 6. The van der Waals surface area contributed by atoms with Crippen LogP contribution in [0.4, 0.5) is 0 Å². The van der Waals surface area contributed by atoms with Crippen LogP contribution in [0.25, 0.3) is 0 Å². The second-order valence-electron chi connectivity index (χ2n) is 11.3. The molecule has 0 atom stereocenters. The largest absolute Gasteiger partial charge is 0.311 e. The second-order valence-corrected chi connectivity index (χ2v) is 32.9. The maximum Gasteiger partial charge on any atom is 0.286 e. The third kappa shape index (κ3) is 8.99. The van der Waals surface area contributed by atoms with E-state index in [-0.39, 0.29) is 0 Å². The topological polar surface area (TPSA) is 42.8 Å². The summed E-state index contributed by atoms with van der Waals surface area (Å²) in [6.07, 6.45) is 3.14. The molecule has 0 unspecified atom stereocenters. The molecule has 2 N–H and O–H groups in total. The summed E-state index contributed by atoms with van der Waals surface area (Å²) in [7, 11) is 8.19. The fourth-order valence-electron chi connectivity index (χ4n) is 5.66. The van der Waals surface area contributed by atoms with Gasteiger partial charge in [-0.05, 0) is 61.4 Å². The minimum Gasteiger partial charge on any atom is -0.311 e. The zero-order valence-corrected chi connectivity index (χ0v) is 32.3. The van der Waals surface area contributed by atoms with Gasteiger partial charge >= 0.3 is 102 Å². The number of unbranched alkanes of at least 4 members (excludes halogenated alkanes) is 1. The van der Waals surface area contributed by atoms with E-state index in [1.165, 1.54) is 0 Å². The minimum atomic E-state index is -3.30. The average Bonchev–Trinajstić information content (AvgIpc) is 3.15. The van der Waals surface area contributed by atoms with Crippen LogP contribution < -0.4 is 28.4 Å². The van der Waals surface area contributed by atoms with Crippen LogP contribution in [0.1, 0.15) is 12.8 Å². The number of hydrogen-bond donors (Lipinski definition) is 0. The first-order valence-electron chi connectivity index (χ1n) is 15.8. The molecule has 0 aliphatic heterocycles. The van der Waals surface area contributed by atoms with Gasteiger partial charge in [-0.25, -0.2) is 0 Å². The average molecular weight is 804 g/mol. The van der Waals surface area contributed by atoms with Crippen molar-refractivity contribution in [3.63, 3.8) is 0 Å². The Balaban J connectivity index is 0.000000241. The molecule has 0 aromatic heterocycles. The van der Waals surface area contributed by atoms with Crippen LogP contribution in [-0.2, 0) is 0 Å². The minimum absolute atomic E-state index is 0.713. The monoisotopic (exact) mass is 804 g/mol. The van der Waals surface area contributed by atoms with Crippen LogP contribution in [0.3, 0.4) is 0 Å². The van der Waals surface area contributed by atoms with Crippen molar-refractivity contribution in [1.29, 1.82) is 0 Å². The van der Waals surface area contributed by atoms with Gasteiger partial charge in [0.2, 0.25) is 0 Å². The first-order chi connectivity index (χ1) is 22.8. The van der Waals surface area contributed by atoms with Gasteiger partial charge in [0.25, 0.3) is 14.3 Å². The molecule has 238 valence electrons. The van der Waals surface area contributed by atoms with E-state index in [1.54, 1.807) is 0 Å². The third-order valence-electron chi connectivity index (χ3n) is 8.22. The van der Waals surface area contributed by atoms with Crippen molar-refractivity contribution in [2.45, 2.75) is 12.8 Å². The fourth-order valence-corrected chi connectivity index (χ4v) is 19.1. The number of halogens is 2. The van der Waals surface area contributed by atoms with E-state index in [0.29, 0.717) is 12.3 Å². The molecule has 0 amide bonds. The Kier molecular flexibility index (Phi) is 12.8. The Morgan fingerprint density at radius 1 is 0.362 bits per heavy atom. The standard InChI is InChI=1S/C28H28O2P2.2C6H5.2ClH.Sn/c29-31(25-15-5-1-6-16-25,26-17-7-2-8-18-26)23-13-14-24-32(30,27-19-9-3-10-20-27)28-21-11-4-12-22-28;2*1-2-4-6-5-3-1;;;/h1-12,15-22H,13-14,23-24H2;2*1-5H;2*1H;/q;;;;;+2. The Bertz CT molecular complexity index is 1670. The Morgan fingerprint density at radius 2 is 0.574 bits per heavy atom. The van der Waals surface area contributed by atoms with Gasteiger partial charge in [0.15, 0.2) is 0 Å². The molecule has 0 spiro atoms. The molecule has 0 saturated carbocycles. The second kappa shape index (κ2) is 17.0. The van der Waals surface area contributed by atoms with Crippen LogP contribution in [0, 0.1) is 0 Å². The van der Waals surface area contributed by atoms with Gasteiger partial charge in [0.1, 0.15) is 0 Å². The van der Waals surface area contributed by atoms with E-state index in [1.807, 2.05) is 182 Å². The molecular formula is C40H40Cl2O2P2Sn+2. The fraction of sp³-hybridized carbons (Fsp3) is 0.100. The van der Waals surface area contributed by atoms with Crippen molar-refractivity contribution >= 4 is 76.6 Å². The molecule has 0 saturated heterocycles. The van der Waals surface area contributed by atoms with Crippen molar-refractivity contribution in [1.82, 2.24) is 0 Å². The van der Waals surface area contributed by atoms with Gasteiger partial charge in [-0.1, -0.05) is 72.8 Å². The number of rotatable bonds is 11. The van der Waals surface area contributed by atoms with Crippen molar-refractivity contribution in [2.24, 2.45) is 0 Å². The van der Waals surface area contributed by atoms with Gasteiger partial charge < -0.3 is 9.13 Å². The van der Waals surface area contributed by atoms with Gasteiger partial charge in [-0.15, -0.1) is 0 Å². The van der Waals surface area contributed by atoms with E-state index in [0.717, 1.165) is 41.2 Å². The van der Waals surface area contributed by atoms with Crippen LogP contribution in [0.15, 0.2) is 182 Å². The van der Waals surface area contributed by atoms with Crippen molar-refractivity contribution < 1.29 is 9.13 Å². The van der Waals surface area contributed by atoms with Gasteiger partial charge in [-0.3, -0.25) is 0 Å². The summed E-state index contributed by atoms with van der Waals surface area (Å²) in [4.78, 5) is 0. The molecule has 0 aliphatic carbocycles. The van der Waals surface area contributed by atoms with E-state index in [4.69, 9.17) is 17.8 Å². The Morgan fingerprint density at radius 3 is 0.809 bits per heavy atom. The molecule has 0 heterocycles. The van der Waals surface area contributed by atoms with Crippen molar-refractivity contribution in [3.8, 4) is 0 Å². The maximum absolute atomic E-state index is 11.9. The molecule has 0 aliphatic rings. The van der Waals surface area contributed by atoms with E-state index in [2.05, 4.69) is 0 Å². The van der Waals surface area contributed by atoms with E-state index >= 15 is 0 Å². The summed E-state index contributed by atoms with van der Waals surface area (Å²) in [5.74, 6) is 0. The molecule has 6 rings (SSSR count). The first-order valence-corrected chi connectivity index (χ1v) is 29.7. The summed E-state index contributed by atoms with van der Waals surface area (Å²) >= 11 is -3.30. The Labute approximate surface area is 290 Å². The van der Waals surface area contributed by atoms with Crippen LogP contribution in [0.5, 0.6) is 0 Å². The molecule has 0 fully saturated rings. The normalized spacial score (nSPS) is 11.7. The van der Waals surface area contributed by atoms with E-state index in [9.17, 15) is 9.13 Å². The van der Waals surface area contributed by atoms with Crippen molar-refractivity contribution in [2.75, 3.05) is 12.3 Å². The number of hydrogen-bond acceptors (Lipinski definition) is 0. The summed E-state index contributed by atoms with van der Waals surface area (Å²) in [5.41, 5.74) is 0. The summed E-state index contributed by atoms with van der Waals surface area (Å²) < 4.78 is 25.9. The summed E-state index contributed by atoms with van der Waals surface area (Å²) in [5, 5.41) is 4.06. The zero-order chi connectivity index (χ0) is 33.0. The van der Waals surface area contributed by atoms with Crippen molar-refractivity contribution in [3.05, 3.63) is 182 Å². The molecule has 2 nitrogen and oxygen atoms in total. The molecule has 6 aromatic carbocycles. The summed E-state index contributed by atoms with van der Waals surface area (Å²) in [6.45, 7) is 0. The van der Waals surface area contributed by atoms with Crippen LogP contribution in [-0.4, -0.2) is 37.6 Å². The molecular weight excluding hydrogens is 764 g/mol. The predicted octanol–water partition coefficient (Wildman–Crippen LogP) is 8.40. The van der Waals surface area contributed by atoms with Crippen LogP contribution in [0.2, 0.25) is 0 Å². The Hall–Kier alpha value is -2.84. The van der Waals surface area contributed by atoms with Gasteiger partial charge in [-0.2, -0.15) is 0 Å². The van der Waals surface area contributed by atoms with Crippen LogP contribution >= 0.6 is 32.1 Å². The summed E-state index contributed by atoms with van der Waals surface area (Å²) in [6, 6.07) is 60.2. The molecule has 7 heteroatoms. The van der Waals surface area contributed by atoms with Gasteiger partial charge in [0.05, 0.1) is 33.5 Å². The first kappa shape index (κ1) is 35.5. The smallest absolute Gasteiger partial charge is 0.286 e. The van der Waals surface area contributed by atoms with E-state index < -0.39 is 30.4 Å². The maximum atomic E-state index is 11.9. The van der Waals surface area contributed by atoms with Gasteiger partial charge in [0, 0.05) is 0 Å². The molecule has 0 bridgehead atoms. The zero-order valence-electron chi connectivity index (χ0n) is 26.2. The third-order valence-corrected chi connectivity index (χ3v) is 26.7. The SMILES string of the molecule is [Cl][Sn]([Cl])([c]1ccccc1)[c]1ccccc1.[OH+]=P(CCCCP(=[OH+])(c1ccccc1)c1ccccc1)(c1ccccc1)c1ccccc1. The predicted molar refractivity (Wildman–Crippen MR) is 211 cm³/mol. The molecule has 6 aromatic rings. The quantitative estimate of drug-likeness (QED) is 0.0547.